The molecule has 0 spiro atoms. The van der Waals surface area contributed by atoms with Gasteiger partial charge >= 0.3 is 24.1 Å². The van der Waals surface area contributed by atoms with E-state index in [0.29, 0.717) is 69.5 Å². The predicted molar refractivity (Wildman–Crippen MR) is 295 cm³/mol. The highest BCUT2D eigenvalue weighted by atomic mass is 32.2. The lowest BCUT2D eigenvalue weighted by atomic mass is 10.0. The van der Waals surface area contributed by atoms with Crippen molar-refractivity contribution < 1.29 is 65.2 Å². The van der Waals surface area contributed by atoms with Crippen molar-refractivity contribution >= 4 is 55.5 Å². The Morgan fingerprint density at radius 2 is 0.922 bits per heavy atom. The first-order valence-electron chi connectivity index (χ1n) is 24.3. The number of carbonyl (C=O) groups excluding carboxylic acids is 2. The van der Waals surface area contributed by atoms with Crippen molar-refractivity contribution in [3.8, 4) is 23.0 Å². The third kappa shape index (κ3) is 17.5. The van der Waals surface area contributed by atoms with Crippen molar-refractivity contribution in [3.05, 3.63) is 179 Å². The number of carboxylic acids is 2. The smallest absolute Gasteiger partial charge is 0.410 e. The molecule has 0 saturated heterocycles. The van der Waals surface area contributed by atoms with E-state index in [2.05, 4.69) is 0 Å². The zero-order valence-electron chi connectivity index (χ0n) is 44.5. The summed E-state index contributed by atoms with van der Waals surface area (Å²) in [5, 5.41) is 18.5. The van der Waals surface area contributed by atoms with Gasteiger partial charge in [-0.2, -0.15) is 0 Å². The highest BCUT2D eigenvalue weighted by Gasteiger charge is 2.27. The first-order valence-corrected chi connectivity index (χ1v) is 28.0. The van der Waals surface area contributed by atoms with E-state index in [9.17, 15) is 41.1 Å². The lowest BCUT2D eigenvalue weighted by molar-refractivity contribution is -0.138. The Balaban J connectivity index is 0.000000284. The number of hydrogen-bond donors (Lipinski definition) is 2. The molecule has 2 amide bonds. The van der Waals surface area contributed by atoms with Crippen LogP contribution in [0.4, 0.5) is 21.0 Å². The van der Waals surface area contributed by atoms with Gasteiger partial charge in [-0.15, -0.1) is 0 Å². The molecule has 0 radical (unpaired) electrons. The zero-order valence-corrected chi connectivity index (χ0v) is 46.2. The first kappa shape index (κ1) is 59.8. The van der Waals surface area contributed by atoms with E-state index in [0.717, 1.165) is 32.2 Å². The van der Waals surface area contributed by atoms with Crippen molar-refractivity contribution in [2.45, 2.75) is 71.1 Å². The summed E-state index contributed by atoms with van der Waals surface area (Å²) < 4.78 is 73.6. The molecule has 6 aromatic rings. The van der Waals surface area contributed by atoms with Crippen LogP contribution in [0.3, 0.4) is 0 Å². The molecular formula is C57H66N4O14S2. The Morgan fingerprint density at radius 1 is 0.519 bits per heavy atom. The number of nitrogens with zero attached hydrogens (tertiary/aromatic N) is 4. The van der Waals surface area contributed by atoms with Gasteiger partial charge in [0, 0.05) is 37.3 Å². The van der Waals surface area contributed by atoms with Crippen LogP contribution in [0.25, 0.3) is 0 Å². The quantitative estimate of drug-likeness (QED) is 0.0645. The standard InChI is InChI=1S/C29H34N2O7S.C28H32N2O7S/c1-20(16-22-10-7-6-8-11-22)31(29(34)37-4)19-24-17-25(30(3)39(5,35)36)14-15-27(24)38-26-13-9-12-23(18-26)21(2)28(32)33;1-20(15-21-9-6-5-7-10-21)30(28(33)36-3)19-23-18-24(29(2)38(4,34)35)13-14-26(23)37-25-12-8-11-22(16-25)17-27(31)32/h6-15,17-18,20-21H,16,19H2,1-5H3,(H,32,33);5-14,16,18,20H,15,17,19H2,1-4H3,(H,31,32)/t20-,21?;20-/m00/s1. The Morgan fingerprint density at radius 3 is 1.31 bits per heavy atom. The van der Waals surface area contributed by atoms with Crippen molar-refractivity contribution in [3.63, 3.8) is 0 Å². The van der Waals surface area contributed by atoms with Gasteiger partial charge in [0.25, 0.3) is 0 Å². The molecule has 0 aliphatic rings. The number of carbonyl (C=O) groups is 4. The van der Waals surface area contributed by atoms with Crippen LogP contribution >= 0.6 is 0 Å². The van der Waals surface area contributed by atoms with Crippen LogP contribution in [0, 0.1) is 0 Å². The molecule has 6 aromatic carbocycles. The van der Waals surface area contributed by atoms with Gasteiger partial charge in [-0.3, -0.25) is 18.2 Å². The van der Waals surface area contributed by atoms with E-state index >= 15 is 0 Å². The number of ether oxygens (including phenoxy) is 4. The Bertz CT molecular complexity index is 3220. The summed E-state index contributed by atoms with van der Waals surface area (Å²) in [6.07, 6.45) is 2.13. The fraction of sp³-hybridized carbons (Fsp3) is 0.298. The molecule has 2 N–H and O–H groups in total. The second-order valence-electron chi connectivity index (χ2n) is 18.4. The summed E-state index contributed by atoms with van der Waals surface area (Å²) in [6.45, 7) is 5.56. The monoisotopic (exact) mass is 1090 g/mol. The summed E-state index contributed by atoms with van der Waals surface area (Å²) in [5.41, 5.74) is 5.12. The fourth-order valence-corrected chi connectivity index (χ4v) is 9.02. The normalized spacial score (nSPS) is 12.3. The van der Waals surface area contributed by atoms with Crippen LogP contribution in [0.15, 0.2) is 146 Å². The SMILES string of the molecule is COC(=O)N(Cc1cc(N(C)S(C)(=O)=O)ccc1Oc1cccc(C(C)C(=O)O)c1)[C@@H](C)Cc1ccccc1.COC(=O)N(Cc1cc(N(C)S(C)(=O)=O)ccc1Oc1cccc(CC(=O)O)c1)[C@@H](C)Cc1ccccc1. The molecule has 1 unspecified atom stereocenters. The second kappa shape index (κ2) is 27.1. The van der Waals surface area contributed by atoms with E-state index < -0.39 is 50.1 Å². The molecule has 0 aliphatic carbocycles. The van der Waals surface area contributed by atoms with E-state index in [1.54, 1.807) is 102 Å². The minimum absolute atomic E-state index is 0.0761. The maximum atomic E-state index is 12.9. The summed E-state index contributed by atoms with van der Waals surface area (Å²) in [5.74, 6) is -1.04. The number of methoxy groups -OCH3 is 2. The van der Waals surface area contributed by atoms with Gasteiger partial charge in [0.05, 0.1) is 63.5 Å². The molecular weight excluding hydrogens is 1030 g/mol. The first-order chi connectivity index (χ1) is 36.4. The van der Waals surface area contributed by atoms with Gasteiger partial charge in [-0.1, -0.05) is 84.9 Å². The molecule has 3 atom stereocenters. The minimum atomic E-state index is -3.54. The maximum Gasteiger partial charge on any atom is 0.410 e. The number of rotatable bonds is 22. The molecule has 77 heavy (non-hydrogen) atoms. The van der Waals surface area contributed by atoms with Gasteiger partial charge < -0.3 is 39.0 Å². The zero-order chi connectivity index (χ0) is 56.6. The lowest BCUT2D eigenvalue weighted by Gasteiger charge is -2.29. The van der Waals surface area contributed by atoms with Crippen LogP contribution in [-0.2, 0) is 71.5 Å². The molecule has 0 bridgehead atoms. The molecule has 18 nitrogen and oxygen atoms in total. The average molecular weight is 1100 g/mol. The summed E-state index contributed by atoms with van der Waals surface area (Å²) in [7, 11) is -1.57. The molecule has 0 aromatic heterocycles. The van der Waals surface area contributed by atoms with Gasteiger partial charge in [0.1, 0.15) is 23.0 Å². The summed E-state index contributed by atoms with van der Waals surface area (Å²) in [4.78, 5) is 51.4. The largest absolute Gasteiger partial charge is 0.481 e. The van der Waals surface area contributed by atoms with E-state index in [1.165, 1.54) is 28.3 Å². The molecule has 0 saturated carbocycles. The van der Waals surface area contributed by atoms with Crippen molar-refractivity contribution in [1.29, 1.82) is 0 Å². The van der Waals surface area contributed by atoms with Crippen molar-refractivity contribution in [2.24, 2.45) is 0 Å². The number of carboxylic acid groups (broad SMARTS) is 2. The van der Waals surface area contributed by atoms with Crippen molar-refractivity contribution in [2.75, 3.05) is 49.4 Å². The number of aliphatic carboxylic acids is 2. The summed E-state index contributed by atoms with van der Waals surface area (Å²) >= 11 is 0. The van der Waals surface area contributed by atoms with E-state index in [1.807, 2.05) is 74.5 Å². The average Bonchev–Trinajstić information content (AvgIpc) is 3.39. The minimum Gasteiger partial charge on any atom is -0.481 e. The van der Waals surface area contributed by atoms with E-state index in [-0.39, 0.29) is 31.6 Å². The van der Waals surface area contributed by atoms with Gasteiger partial charge in [-0.05, 0) is 117 Å². The molecule has 0 aliphatic heterocycles. The Kier molecular flexibility index (Phi) is 21.0. The number of amides is 2. The molecule has 0 heterocycles. The van der Waals surface area contributed by atoms with Crippen LogP contribution in [0.1, 0.15) is 60.1 Å². The second-order valence-corrected chi connectivity index (χ2v) is 22.4. The molecule has 410 valence electrons. The van der Waals surface area contributed by atoms with Gasteiger partial charge in [0.15, 0.2) is 0 Å². The Hall–Kier alpha value is -8.10. The molecule has 0 fully saturated rings. The number of hydrogen-bond acceptors (Lipinski definition) is 12. The highest BCUT2D eigenvalue weighted by Crippen LogP contribution is 2.35. The fourth-order valence-electron chi connectivity index (χ4n) is 8.02. The number of benzene rings is 6. The summed E-state index contributed by atoms with van der Waals surface area (Å²) in [6, 6.07) is 42.2. The highest BCUT2D eigenvalue weighted by molar-refractivity contribution is 7.92. The molecule has 6 rings (SSSR count). The van der Waals surface area contributed by atoms with Gasteiger partial charge in [-0.25, -0.2) is 26.4 Å². The number of anilines is 2. The maximum absolute atomic E-state index is 12.9. The van der Waals surface area contributed by atoms with Crippen LogP contribution in [0.2, 0.25) is 0 Å². The van der Waals surface area contributed by atoms with Crippen LogP contribution in [-0.4, -0.2) is 114 Å². The Labute approximate surface area is 451 Å². The molecule has 20 heteroatoms. The number of sulfonamides is 2. The van der Waals surface area contributed by atoms with Crippen LogP contribution in [0.5, 0.6) is 23.0 Å². The van der Waals surface area contributed by atoms with Crippen molar-refractivity contribution in [1.82, 2.24) is 9.80 Å². The topological polar surface area (TPSA) is 227 Å². The lowest BCUT2D eigenvalue weighted by Crippen LogP contribution is -2.39. The third-order valence-corrected chi connectivity index (χ3v) is 15.0. The van der Waals surface area contributed by atoms with E-state index in [4.69, 9.17) is 24.1 Å². The third-order valence-electron chi connectivity index (χ3n) is 12.6. The van der Waals surface area contributed by atoms with Crippen LogP contribution < -0.4 is 18.1 Å². The van der Waals surface area contributed by atoms with Gasteiger partial charge in [0.2, 0.25) is 20.0 Å². The predicted octanol–water partition coefficient (Wildman–Crippen LogP) is 9.96.